The Morgan fingerprint density at radius 3 is 1.66 bits per heavy atom. The number of ether oxygens (including phenoxy) is 2. The van der Waals surface area contributed by atoms with E-state index in [4.69, 9.17) is 24.4 Å². The van der Waals surface area contributed by atoms with E-state index in [1.807, 2.05) is 48.5 Å². The fourth-order valence-corrected chi connectivity index (χ4v) is 10.1. The van der Waals surface area contributed by atoms with Gasteiger partial charge in [-0.15, -0.1) is 0 Å². The molecular weight excluding hydrogens is 795 g/mol. The molecule has 65 heavy (non-hydrogen) atoms. The molecule has 5 heteroatoms. The first-order chi connectivity index (χ1) is 32.2. The average Bonchev–Trinajstić information content (AvgIpc) is 3.70. The van der Waals surface area contributed by atoms with Crippen LogP contribution in [0.4, 0.5) is 0 Å². The molecule has 0 atom stereocenters. The first kappa shape index (κ1) is 36.9. The van der Waals surface area contributed by atoms with Crippen LogP contribution in [0, 0.1) is 0 Å². The Hall–Kier alpha value is -8.67. The normalized spacial score (nSPS) is 13.0. The highest BCUT2D eigenvalue weighted by molar-refractivity contribution is 6.08. The molecule has 304 valence electrons. The van der Waals surface area contributed by atoms with Gasteiger partial charge in [-0.25, -0.2) is 15.0 Å². The van der Waals surface area contributed by atoms with Gasteiger partial charge in [0.2, 0.25) is 0 Å². The lowest BCUT2D eigenvalue weighted by molar-refractivity contribution is 0.361. The van der Waals surface area contributed by atoms with Gasteiger partial charge in [0, 0.05) is 27.8 Å². The van der Waals surface area contributed by atoms with Gasteiger partial charge in [0.05, 0.1) is 5.41 Å². The predicted octanol–water partition coefficient (Wildman–Crippen LogP) is 15.1. The third-order valence-electron chi connectivity index (χ3n) is 13.0. The third kappa shape index (κ3) is 5.83. The van der Waals surface area contributed by atoms with Crippen LogP contribution in [0.1, 0.15) is 22.3 Å². The van der Waals surface area contributed by atoms with E-state index in [0.29, 0.717) is 34.7 Å². The third-order valence-corrected chi connectivity index (χ3v) is 13.0. The van der Waals surface area contributed by atoms with Crippen molar-refractivity contribution in [2.75, 3.05) is 0 Å². The molecule has 11 aromatic rings. The molecule has 0 spiro atoms. The van der Waals surface area contributed by atoms with Crippen LogP contribution < -0.4 is 9.47 Å². The van der Waals surface area contributed by atoms with E-state index in [1.54, 1.807) is 0 Å². The molecule has 1 aromatic heterocycles. The molecule has 1 aliphatic carbocycles. The van der Waals surface area contributed by atoms with Crippen molar-refractivity contribution >= 4 is 21.5 Å². The number of hydrogen-bond acceptors (Lipinski definition) is 5. The van der Waals surface area contributed by atoms with Gasteiger partial charge in [-0.1, -0.05) is 200 Å². The van der Waals surface area contributed by atoms with Crippen LogP contribution in [0.5, 0.6) is 23.0 Å². The van der Waals surface area contributed by atoms with Gasteiger partial charge in [0.25, 0.3) is 0 Å². The molecular formula is C60H37N3O2. The van der Waals surface area contributed by atoms with Crippen LogP contribution in [0.15, 0.2) is 224 Å². The number of benzene rings is 10. The zero-order chi connectivity index (χ0) is 42.9. The summed E-state index contributed by atoms with van der Waals surface area (Å²) in [6.07, 6.45) is 0. The van der Waals surface area contributed by atoms with Crippen LogP contribution in [-0.4, -0.2) is 15.0 Å². The largest absolute Gasteiger partial charge is 0.449 e. The number of hydrogen-bond donors (Lipinski definition) is 0. The summed E-state index contributed by atoms with van der Waals surface area (Å²) in [6, 6.07) is 78.4. The zero-order valence-corrected chi connectivity index (χ0v) is 35.0. The molecule has 0 amide bonds. The summed E-state index contributed by atoms with van der Waals surface area (Å²) in [6.45, 7) is 0. The highest BCUT2D eigenvalue weighted by Crippen LogP contribution is 2.62. The van der Waals surface area contributed by atoms with E-state index in [2.05, 4.69) is 176 Å². The molecule has 0 unspecified atom stereocenters. The topological polar surface area (TPSA) is 57.1 Å². The molecule has 2 heterocycles. The van der Waals surface area contributed by atoms with Crippen LogP contribution >= 0.6 is 0 Å². The van der Waals surface area contributed by atoms with Crippen molar-refractivity contribution < 1.29 is 9.47 Å². The van der Waals surface area contributed by atoms with Gasteiger partial charge in [-0.05, 0) is 79.2 Å². The van der Waals surface area contributed by atoms with Gasteiger partial charge >= 0.3 is 0 Å². The minimum absolute atomic E-state index is 0.548. The molecule has 0 bridgehead atoms. The molecule has 0 saturated heterocycles. The Morgan fingerprint density at radius 1 is 0.323 bits per heavy atom. The lowest BCUT2D eigenvalue weighted by atomic mass is 9.68. The summed E-state index contributed by atoms with van der Waals surface area (Å²) >= 11 is 0. The summed E-state index contributed by atoms with van der Waals surface area (Å²) < 4.78 is 14.0. The molecule has 1 aliphatic heterocycles. The number of para-hydroxylation sites is 1. The number of nitrogens with zero attached hydrogens (tertiary/aromatic N) is 3. The van der Waals surface area contributed by atoms with E-state index in [-0.39, 0.29) is 0 Å². The fourth-order valence-electron chi connectivity index (χ4n) is 10.1. The minimum Gasteiger partial charge on any atom is -0.449 e. The maximum Gasteiger partial charge on any atom is 0.178 e. The van der Waals surface area contributed by atoms with Gasteiger partial charge in [0.1, 0.15) is 0 Å². The van der Waals surface area contributed by atoms with Crippen molar-refractivity contribution in [3.63, 3.8) is 0 Å². The van der Waals surface area contributed by atoms with E-state index >= 15 is 0 Å². The van der Waals surface area contributed by atoms with E-state index in [1.165, 1.54) is 32.8 Å². The first-order valence-corrected chi connectivity index (χ1v) is 21.9. The monoisotopic (exact) mass is 831 g/mol. The predicted molar refractivity (Wildman–Crippen MR) is 260 cm³/mol. The lowest BCUT2D eigenvalue weighted by Crippen LogP contribution is -2.28. The average molecular weight is 832 g/mol. The van der Waals surface area contributed by atoms with Gasteiger partial charge in [-0.2, -0.15) is 0 Å². The quantitative estimate of drug-likeness (QED) is 0.156. The van der Waals surface area contributed by atoms with Crippen molar-refractivity contribution in [2.45, 2.75) is 5.41 Å². The maximum absolute atomic E-state index is 7.04. The molecule has 13 rings (SSSR count). The van der Waals surface area contributed by atoms with Crippen molar-refractivity contribution in [3.05, 3.63) is 247 Å². The van der Waals surface area contributed by atoms with Gasteiger partial charge in [-0.3, -0.25) is 0 Å². The second-order valence-electron chi connectivity index (χ2n) is 16.7. The van der Waals surface area contributed by atoms with Crippen molar-refractivity contribution in [1.82, 2.24) is 15.0 Å². The zero-order valence-electron chi connectivity index (χ0n) is 35.0. The Morgan fingerprint density at radius 2 is 0.877 bits per heavy atom. The van der Waals surface area contributed by atoms with Crippen LogP contribution in [0.2, 0.25) is 0 Å². The summed E-state index contributed by atoms with van der Waals surface area (Å²) in [5, 5.41) is 4.76. The highest BCUT2D eigenvalue weighted by Gasteiger charge is 2.48. The Bertz CT molecular complexity index is 3620. The summed E-state index contributed by atoms with van der Waals surface area (Å²) in [4.78, 5) is 15.3. The van der Waals surface area contributed by atoms with Crippen LogP contribution in [0.25, 0.3) is 78.0 Å². The number of rotatable bonds is 6. The minimum atomic E-state index is -0.548. The Labute approximate surface area is 375 Å². The Kier molecular flexibility index (Phi) is 8.36. The SMILES string of the molecule is c1ccc(-c2nc(-c3cccc(-c4cccc5c4Oc4ccc6c(c4O5)-c4ccccc4C6(c4ccccc4)c4ccccc4)c3)nc(-c3ccc4c(ccc5ccccc54)c3)n2)cc1. The molecule has 2 aliphatic rings. The molecule has 0 saturated carbocycles. The van der Waals surface area contributed by atoms with Gasteiger partial charge < -0.3 is 9.47 Å². The molecule has 5 nitrogen and oxygen atoms in total. The number of aromatic nitrogens is 3. The van der Waals surface area contributed by atoms with Crippen molar-refractivity contribution in [2.24, 2.45) is 0 Å². The molecule has 0 N–H and O–H groups in total. The summed E-state index contributed by atoms with van der Waals surface area (Å²) in [5.41, 5.74) is 10.9. The van der Waals surface area contributed by atoms with Crippen LogP contribution in [-0.2, 0) is 5.41 Å². The first-order valence-electron chi connectivity index (χ1n) is 21.9. The number of fused-ring (bicyclic) bond motifs is 9. The molecule has 10 aromatic carbocycles. The fraction of sp³-hybridized carbons (Fsp3) is 0.0167. The van der Waals surface area contributed by atoms with E-state index in [0.717, 1.165) is 55.6 Å². The standard InChI is InChI=1S/C60H37N3O2/c1-4-17-39(18-5-1)57-61-58(63-59(62-57)43-32-33-47-41(37-43)31-30-38-16-10-11-25-46(38)47)42-20-14-19-40(36-42)48-27-15-29-52-55(48)64-53-35-34-51-54(56(53)65-52)49-26-12-13-28-50(49)60(51,44-21-6-2-7-22-44)45-23-8-3-9-24-45/h1-37H. The van der Waals surface area contributed by atoms with E-state index < -0.39 is 5.41 Å². The summed E-state index contributed by atoms with van der Waals surface area (Å²) in [5.74, 6) is 4.50. The summed E-state index contributed by atoms with van der Waals surface area (Å²) in [7, 11) is 0. The van der Waals surface area contributed by atoms with E-state index in [9.17, 15) is 0 Å². The lowest BCUT2D eigenvalue weighted by Gasteiger charge is -2.34. The maximum atomic E-state index is 7.04. The van der Waals surface area contributed by atoms with Crippen molar-refractivity contribution in [3.8, 4) is 79.4 Å². The van der Waals surface area contributed by atoms with Crippen molar-refractivity contribution in [1.29, 1.82) is 0 Å². The molecule has 0 fully saturated rings. The molecule has 0 radical (unpaired) electrons. The second kappa shape index (κ2) is 14.7. The smallest absolute Gasteiger partial charge is 0.178 e. The Balaban J connectivity index is 0.912. The second-order valence-corrected chi connectivity index (χ2v) is 16.7. The van der Waals surface area contributed by atoms with Gasteiger partial charge in [0.15, 0.2) is 40.5 Å². The van der Waals surface area contributed by atoms with Crippen LogP contribution in [0.3, 0.4) is 0 Å². The highest BCUT2D eigenvalue weighted by atomic mass is 16.6.